The van der Waals surface area contributed by atoms with Crippen LogP contribution in [0.15, 0.2) is 55.0 Å². The molecule has 1 aliphatic heterocycles. The average molecular weight is 417 g/mol. The summed E-state index contributed by atoms with van der Waals surface area (Å²) < 4.78 is 16.8. The summed E-state index contributed by atoms with van der Waals surface area (Å²) in [7, 11) is 0. The summed E-state index contributed by atoms with van der Waals surface area (Å²) in [6, 6.07) is 9.60. The van der Waals surface area contributed by atoms with Gasteiger partial charge in [-0.15, -0.1) is 0 Å². The molecule has 9 heteroatoms. The topological polar surface area (TPSA) is 110 Å². The Bertz CT molecular complexity index is 1270. The van der Waals surface area contributed by atoms with Gasteiger partial charge in [-0.1, -0.05) is 12.1 Å². The molecular weight excluding hydrogens is 397 g/mol. The molecule has 0 aliphatic carbocycles. The Balaban J connectivity index is 1.53. The first-order valence-corrected chi connectivity index (χ1v) is 10.00. The number of halogens is 1. The minimum absolute atomic E-state index is 0.0818. The van der Waals surface area contributed by atoms with Crippen LogP contribution in [-0.2, 0) is 0 Å². The number of carbonyl (C=O) groups excluding carboxylic acids is 1. The summed E-state index contributed by atoms with van der Waals surface area (Å²) in [5.41, 5.74) is 7.75. The quantitative estimate of drug-likeness (QED) is 0.470. The second-order valence-electron chi connectivity index (χ2n) is 7.36. The Morgan fingerprint density at radius 3 is 2.87 bits per heavy atom. The lowest BCUT2D eigenvalue weighted by Gasteiger charge is -2.08. The van der Waals surface area contributed by atoms with Crippen molar-refractivity contribution in [2.24, 2.45) is 0 Å². The molecule has 31 heavy (non-hydrogen) atoms. The highest BCUT2D eigenvalue weighted by molar-refractivity contribution is 6.04. The summed E-state index contributed by atoms with van der Waals surface area (Å²) in [5, 5.41) is 6.02. The third-order valence-corrected chi connectivity index (χ3v) is 5.38. The molecule has 1 saturated heterocycles. The number of pyridine rings is 1. The number of carbonyl (C=O) groups is 1. The van der Waals surface area contributed by atoms with Crippen LogP contribution in [-0.4, -0.2) is 31.8 Å². The van der Waals surface area contributed by atoms with E-state index in [4.69, 9.17) is 10.7 Å². The van der Waals surface area contributed by atoms with Gasteiger partial charge in [0.15, 0.2) is 0 Å². The fourth-order valence-corrected chi connectivity index (χ4v) is 3.91. The normalized spacial score (nSPS) is 16.0. The summed E-state index contributed by atoms with van der Waals surface area (Å²) >= 11 is 0. The van der Waals surface area contributed by atoms with Gasteiger partial charge >= 0.3 is 0 Å². The lowest BCUT2D eigenvalue weighted by atomic mass is 10.1. The smallest absolute Gasteiger partial charge is 0.259 e. The molecular formula is C22H20FN7O. The van der Waals surface area contributed by atoms with Gasteiger partial charge in [0.1, 0.15) is 34.5 Å². The Hall–Kier alpha value is -3.85. The van der Waals surface area contributed by atoms with Gasteiger partial charge < -0.3 is 16.4 Å². The van der Waals surface area contributed by atoms with E-state index < -0.39 is 11.7 Å². The van der Waals surface area contributed by atoms with Crippen LogP contribution in [0.4, 0.5) is 16.0 Å². The van der Waals surface area contributed by atoms with Gasteiger partial charge in [0.2, 0.25) is 0 Å². The maximum atomic E-state index is 14.9. The summed E-state index contributed by atoms with van der Waals surface area (Å²) in [6.07, 6.45) is 7.00. The van der Waals surface area contributed by atoms with Crippen molar-refractivity contribution in [3.63, 3.8) is 0 Å². The number of nitrogens with one attached hydrogen (secondary N) is 2. The van der Waals surface area contributed by atoms with E-state index in [1.165, 1.54) is 12.1 Å². The van der Waals surface area contributed by atoms with Crippen molar-refractivity contribution in [2.75, 3.05) is 17.6 Å². The number of hydrogen-bond acceptors (Lipinski definition) is 6. The molecule has 1 amide bonds. The molecule has 4 heterocycles. The van der Waals surface area contributed by atoms with Crippen LogP contribution in [0.5, 0.6) is 0 Å². The molecule has 156 valence electrons. The first-order valence-electron chi connectivity index (χ1n) is 10.00. The van der Waals surface area contributed by atoms with E-state index in [2.05, 4.69) is 20.6 Å². The van der Waals surface area contributed by atoms with Crippen LogP contribution in [0.25, 0.3) is 16.8 Å². The summed E-state index contributed by atoms with van der Waals surface area (Å²) in [4.78, 5) is 25.5. The van der Waals surface area contributed by atoms with Crippen molar-refractivity contribution >= 4 is 23.1 Å². The van der Waals surface area contributed by atoms with Crippen molar-refractivity contribution in [1.82, 2.24) is 24.7 Å². The van der Waals surface area contributed by atoms with Gasteiger partial charge in [0.25, 0.3) is 5.91 Å². The van der Waals surface area contributed by atoms with Crippen LogP contribution < -0.4 is 16.4 Å². The molecule has 8 nitrogen and oxygen atoms in total. The minimum atomic E-state index is -0.657. The highest BCUT2D eigenvalue weighted by Gasteiger charge is 2.25. The number of nitrogen functional groups attached to an aromatic ring is 1. The Labute approximate surface area is 177 Å². The largest absolute Gasteiger partial charge is 0.382 e. The molecule has 3 aromatic heterocycles. The number of benzene rings is 1. The number of rotatable bonds is 4. The number of fused-ring (bicyclic) bond motifs is 1. The van der Waals surface area contributed by atoms with E-state index in [0.717, 1.165) is 25.2 Å². The number of nitrogens with zero attached hydrogens (tertiary/aromatic N) is 4. The van der Waals surface area contributed by atoms with Crippen molar-refractivity contribution in [3.8, 4) is 11.3 Å². The van der Waals surface area contributed by atoms with E-state index in [1.807, 2.05) is 10.6 Å². The van der Waals surface area contributed by atoms with E-state index in [1.54, 1.807) is 36.7 Å². The van der Waals surface area contributed by atoms with E-state index in [-0.39, 0.29) is 11.6 Å². The molecule has 1 atom stereocenters. The Morgan fingerprint density at radius 2 is 2.13 bits per heavy atom. The van der Waals surface area contributed by atoms with Gasteiger partial charge in [0, 0.05) is 24.2 Å². The standard InChI is InChI=1S/C22H20FN7O/c23-15-12-13(6-7-14(15)22(31)28-17-5-1-2-8-26-17)18-19-20(24)27-10-11-30(19)21(29-18)16-4-3-9-25-16/h1-2,5-8,10-12,16,25H,3-4,9H2,(H2,24,27)(H,26,28,31). The van der Waals surface area contributed by atoms with E-state index in [0.29, 0.717) is 28.4 Å². The summed E-state index contributed by atoms with van der Waals surface area (Å²) in [5.74, 6) is 0.244. The molecule has 1 fully saturated rings. The molecule has 1 aliphatic rings. The Kier molecular flexibility index (Phi) is 4.79. The number of nitrogens with two attached hydrogens (primary N) is 1. The molecule has 0 radical (unpaired) electrons. The fraction of sp³-hybridized carbons (Fsp3) is 0.182. The SMILES string of the molecule is Nc1nccn2c(C3CCCN3)nc(-c3ccc(C(=O)Nc4ccccn4)c(F)c3)c12. The number of aromatic nitrogens is 4. The average Bonchev–Trinajstić information content (AvgIpc) is 3.43. The first kappa shape index (κ1) is 19.1. The van der Waals surface area contributed by atoms with E-state index in [9.17, 15) is 9.18 Å². The summed E-state index contributed by atoms with van der Waals surface area (Å²) in [6.45, 7) is 0.921. The lowest BCUT2D eigenvalue weighted by Crippen LogP contribution is -2.16. The van der Waals surface area contributed by atoms with Crippen LogP contribution in [0.3, 0.4) is 0 Å². The van der Waals surface area contributed by atoms with Crippen molar-refractivity contribution in [1.29, 1.82) is 0 Å². The van der Waals surface area contributed by atoms with Crippen molar-refractivity contribution in [2.45, 2.75) is 18.9 Å². The number of imidazole rings is 1. The number of amides is 1. The maximum Gasteiger partial charge on any atom is 0.259 e. The molecule has 0 bridgehead atoms. The fourth-order valence-electron chi connectivity index (χ4n) is 3.91. The van der Waals surface area contributed by atoms with Gasteiger partial charge in [-0.3, -0.25) is 9.20 Å². The van der Waals surface area contributed by atoms with Crippen molar-refractivity contribution in [3.05, 3.63) is 72.2 Å². The third kappa shape index (κ3) is 3.49. The highest BCUT2D eigenvalue weighted by Crippen LogP contribution is 2.33. The molecule has 5 rings (SSSR count). The zero-order chi connectivity index (χ0) is 21.4. The Morgan fingerprint density at radius 1 is 1.23 bits per heavy atom. The zero-order valence-corrected chi connectivity index (χ0v) is 16.5. The van der Waals surface area contributed by atoms with Crippen molar-refractivity contribution < 1.29 is 9.18 Å². The highest BCUT2D eigenvalue weighted by atomic mass is 19.1. The van der Waals surface area contributed by atoms with Crippen LogP contribution in [0.2, 0.25) is 0 Å². The predicted molar refractivity (Wildman–Crippen MR) is 115 cm³/mol. The first-order chi connectivity index (χ1) is 15.1. The lowest BCUT2D eigenvalue weighted by molar-refractivity contribution is 0.102. The molecule has 4 N–H and O–H groups in total. The number of anilines is 2. The predicted octanol–water partition coefficient (Wildman–Crippen LogP) is 3.19. The minimum Gasteiger partial charge on any atom is -0.382 e. The molecule has 1 aromatic carbocycles. The zero-order valence-electron chi connectivity index (χ0n) is 16.5. The third-order valence-electron chi connectivity index (χ3n) is 5.38. The maximum absolute atomic E-state index is 14.9. The second-order valence-corrected chi connectivity index (χ2v) is 7.36. The number of hydrogen-bond donors (Lipinski definition) is 3. The van der Waals surface area contributed by atoms with Gasteiger partial charge in [-0.2, -0.15) is 0 Å². The van der Waals surface area contributed by atoms with Gasteiger partial charge in [-0.05, 0) is 43.7 Å². The van der Waals surface area contributed by atoms with Crippen LogP contribution >= 0.6 is 0 Å². The second kappa shape index (κ2) is 7.77. The van der Waals surface area contributed by atoms with Gasteiger partial charge in [0.05, 0.1) is 11.6 Å². The van der Waals surface area contributed by atoms with Crippen LogP contribution in [0.1, 0.15) is 35.1 Å². The molecule has 1 unspecified atom stereocenters. The molecule has 0 saturated carbocycles. The molecule has 0 spiro atoms. The molecule has 4 aromatic rings. The van der Waals surface area contributed by atoms with E-state index >= 15 is 0 Å². The monoisotopic (exact) mass is 417 g/mol. The van der Waals surface area contributed by atoms with Gasteiger partial charge in [-0.25, -0.2) is 19.3 Å². The van der Waals surface area contributed by atoms with Crippen LogP contribution in [0, 0.1) is 5.82 Å².